The molecule has 178 valence electrons. The first-order valence-electron chi connectivity index (χ1n) is 10.9. The molecule has 2 amide bonds. The summed E-state index contributed by atoms with van der Waals surface area (Å²) in [7, 11) is -3.43. The Balaban J connectivity index is 1.71. The average molecular weight is 466 g/mol. The molecule has 9 heteroatoms. The number of benzene rings is 1. The molecule has 2 saturated heterocycles. The molecule has 1 unspecified atom stereocenters. The summed E-state index contributed by atoms with van der Waals surface area (Å²) < 4.78 is 28.8. The van der Waals surface area contributed by atoms with Crippen molar-refractivity contribution in [1.82, 2.24) is 9.21 Å². The number of amides is 2. The molecule has 0 bridgehead atoms. The maximum absolute atomic E-state index is 13.2. The molecule has 2 fully saturated rings. The van der Waals surface area contributed by atoms with Gasteiger partial charge in [-0.15, -0.1) is 10.8 Å². The molecule has 8 nitrogen and oxygen atoms in total. The van der Waals surface area contributed by atoms with Crippen molar-refractivity contribution >= 4 is 28.5 Å². The third-order valence-electron chi connectivity index (χ3n) is 5.38. The second kappa shape index (κ2) is 8.68. The van der Waals surface area contributed by atoms with E-state index < -0.39 is 33.1 Å². The summed E-state index contributed by atoms with van der Waals surface area (Å²) in [5, 5.41) is -0.880. The summed E-state index contributed by atoms with van der Waals surface area (Å²) in [6.07, 6.45) is 0.386. The molecule has 1 atom stereocenters. The van der Waals surface area contributed by atoms with Crippen molar-refractivity contribution in [1.29, 1.82) is 0 Å². The second-order valence-corrected chi connectivity index (χ2v) is 12.4. The smallest absolute Gasteiger partial charge is 0.410 e. The van der Waals surface area contributed by atoms with Crippen molar-refractivity contribution in [3.8, 4) is 0 Å². The Bertz CT molecular complexity index is 883. The summed E-state index contributed by atoms with van der Waals surface area (Å²) in [5.74, 6) is -0.159. The van der Waals surface area contributed by atoms with Gasteiger partial charge < -0.3 is 9.64 Å². The lowest BCUT2D eigenvalue weighted by Crippen LogP contribution is -2.51. The molecule has 2 aliphatic heterocycles. The van der Waals surface area contributed by atoms with Gasteiger partial charge in [-0.05, 0) is 59.4 Å². The van der Waals surface area contributed by atoms with Crippen molar-refractivity contribution in [2.45, 2.75) is 64.4 Å². The lowest BCUT2D eigenvalue weighted by atomic mass is 9.97. The first kappa shape index (κ1) is 24.5. The fourth-order valence-corrected chi connectivity index (χ4v) is 6.37. The van der Waals surface area contributed by atoms with Crippen molar-refractivity contribution in [3.05, 3.63) is 35.9 Å². The number of rotatable bonds is 4. The Morgan fingerprint density at radius 1 is 1.12 bits per heavy atom. The second-order valence-electron chi connectivity index (χ2n) is 10.4. The maximum Gasteiger partial charge on any atom is 0.410 e. The average Bonchev–Trinajstić information content (AvgIpc) is 2.80. The van der Waals surface area contributed by atoms with Crippen LogP contribution in [0.2, 0.25) is 0 Å². The van der Waals surface area contributed by atoms with Crippen LogP contribution in [0.5, 0.6) is 0 Å². The van der Waals surface area contributed by atoms with Gasteiger partial charge in [-0.2, -0.15) is 0 Å². The molecule has 32 heavy (non-hydrogen) atoms. The zero-order valence-electron chi connectivity index (χ0n) is 19.7. The Hall–Kier alpha value is -2.10. The van der Waals surface area contributed by atoms with E-state index in [0.717, 1.165) is 0 Å². The molecule has 1 aromatic carbocycles. The Labute approximate surface area is 192 Å². The summed E-state index contributed by atoms with van der Waals surface area (Å²) in [5.41, 5.74) is -0.436. The molecule has 2 aliphatic rings. The summed E-state index contributed by atoms with van der Waals surface area (Å²) in [6.45, 7) is 12.4. The molecule has 3 rings (SSSR count). The van der Waals surface area contributed by atoms with E-state index in [1.165, 1.54) is 4.31 Å². The molecular formula is C23H35N3O5S. The van der Waals surface area contributed by atoms with Gasteiger partial charge in [0.05, 0.1) is 5.54 Å². The fraction of sp³-hybridized carbons (Fsp3) is 0.609. The van der Waals surface area contributed by atoms with E-state index in [1.54, 1.807) is 37.8 Å². The molecule has 0 radical (unpaired) electrons. The number of aliphatic imine (C=N–C) groups is 1. The zero-order valence-corrected chi connectivity index (χ0v) is 20.6. The number of hydrogen-bond acceptors (Lipinski definition) is 6. The Morgan fingerprint density at radius 2 is 1.72 bits per heavy atom. The van der Waals surface area contributed by atoms with E-state index >= 15 is 0 Å². The van der Waals surface area contributed by atoms with Crippen LogP contribution in [0.15, 0.2) is 35.3 Å². The number of ether oxygens (including phenoxy) is 1. The van der Waals surface area contributed by atoms with Crippen LogP contribution in [0.25, 0.3) is 0 Å². The van der Waals surface area contributed by atoms with Gasteiger partial charge in [-0.3, -0.25) is 18.9 Å². The van der Waals surface area contributed by atoms with Crippen LogP contribution in [0.3, 0.4) is 0 Å². The van der Waals surface area contributed by atoms with Crippen LogP contribution in [-0.2, 0) is 9.53 Å². The minimum absolute atomic E-state index is 0.189. The number of carbonyl (C=O) groups is 2. The van der Waals surface area contributed by atoms with Gasteiger partial charge >= 0.3 is 6.09 Å². The van der Waals surface area contributed by atoms with E-state index in [2.05, 4.69) is 4.99 Å². The maximum atomic E-state index is 13.2. The zero-order chi connectivity index (χ0) is 23.9. The number of hydrogen-bond donors (Lipinski definition) is 2. The number of carbonyl (C=O) groups excluding carboxylic acids is 2. The molecule has 0 saturated carbocycles. The van der Waals surface area contributed by atoms with Gasteiger partial charge in [0.2, 0.25) is 0 Å². The van der Waals surface area contributed by atoms with E-state index in [4.69, 9.17) is 4.74 Å². The first-order chi connectivity index (χ1) is 14.7. The van der Waals surface area contributed by atoms with Gasteiger partial charge in [0, 0.05) is 19.6 Å². The van der Waals surface area contributed by atoms with E-state index in [0.29, 0.717) is 31.6 Å². The summed E-state index contributed by atoms with van der Waals surface area (Å²) in [4.78, 5) is 31.5. The monoisotopic (exact) mass is 465 g/mol. The highest BCUT2D eigenvalue weighted by Crippen LogP contribution is 2.64. The van der Waals surface area contributed by atoms with Gasteiger partial charge in [-0.25, -0.2) is 9.10 Å². The molecule has 1 aromatic rings. The molecular weight excluding hydrogens is 430 g/mol. The van der Waals surface area contributed by atoms with Crippen molar-refractivity contribution in [2.75, 3.05) is 19.6 Å². The molecule has 2 heterocycles. The predicted molar refractivity (Wildman–Crippen MR) is 127 cm³/mol. The van der Waals surface area contributed by atoms with Crippen LogP contribution in [0, 0.1) is 5.92 Å². The van der Waals surface area contributed by atoms with Gasteiger partial charge in [0.15, 0.2) is 0 Å². The fourth-order valence-electron chi connectivity index (χ4n) is 4.02. The Morgan fingerprint density at radius 3 is 2.25 bits per heavy atom. The van der Waals surface area contributed by atoms with E-state index in [1.807, 2.05) is 39.0 Å². The first-order valence-corrected chi connectivity index (χ1v) is 12.5. The molecule has 0 spiro atoms. The van der Waals surface area contributed by atoms with Crippen molar-refractivity contribution in [2.24, 2.45) is 10.9 Å². The van der Waals surface area contributed by atoms with Crippen LogP contribution < -0.4 is 0 Å². The van der Waals surface area contributed by atoms with Gasteiger partial charge in [0.1, 0.15) is 16.6 Å². The predicted octanol–water partition coefficient (Wildman–Crippen LogP) is 4.73. The van der Waals surface area contributed by atoms with Crippen molar-refractivity contribution < 1.29 is 23.4 Å². The van der Waals surface area contributed by atoms with Gasteiger partial charge in [-0.1, -0.05) is 30.3 Å². The molecule has 2 N–H and O–H groups in total. The molecule has 0 aliphatic carbocycles. The van der Waals surface area contributed by atoms with Gasteiger partial charge in [0.25, 0.3) is 5.91 Å². The Kier molecular flexibility index (Phi) is 6.66. The van der Waals surface area contributed by atoms with Crippen LogP contribution in [0.4, 0.5) is 4.79 Å². The van der Waals surface area contributed by atoms with Crippen LogP contribution in [-0.4, -0.2) is 66.8 Å². The van der Waals surface area contributed by atoms with E-state index in [9.17, 15) is 18.7 Å². The topological polar surface area (TPSA) is 103 Å². The summed E-state index contributed by atoms with van der Waals surface area (Å²) in [6, 6.07) is 9.05. The van der Waals surface area contributed by atoms with Crippen molar-refractivity contribution in [3.63, 3.8) is 0 Å². The SMILES string of the molecule is CC(C)(C)OC(=O)N1CC(CCN=C2C(=O)N(C(C)(C)C)S(O)(O)C2c2ccccc2)C1. The summed E-state index contributed by atoms with van der Waals surface area (Å²) >= 11 is 0. The third-order valence-corrected chi connectivity index (χ3v) is 7.76. The third kappa shape index (κ3) is 5.10. The highest BCUT2D eigenvalue weighted by molar-refractivity contribution is 8.24. The highest BCUT2D eigenvalue weighted by atomic mass is 32.3. The normalized spacial score (nSPS) is 23.9. The highest BCUT2D eigenvalue weighted by Gasteiger charge is 2.54. The standard InChI is InChI=1S/C23H35N3O5S/c1-22(2,3)26-20(27)18(19(32(26,29)30)17-10-8-7-9-11-17)24-13-12-16-14-25(15-16)21(28)31-23(4,5)6/h7-11,16,19,29-30H,12-15H2,1-6H3. The largest absolute Gasteiger partial charge is 0.444 e. The van der Waals surface area contributed by atoms with Crippen LogP contribution in [0.1, 0.15) is 58.8 Å². The number of likely N-dealkylation sites (tertiary alicyclic amines) is 1. The lowest BCUT2D eigenvalue weighted by Gasteiger charge is -2.46. The quantitative estimate of drug-likeness (QED) is 0.669. The lowest BCUT2D eigenvalue weighted by molar-refractivity contribution is -0.122. The minimum atomic E-state index is -3.43. The number of nitrogens with zero attached hydrogens (tertiary/aromatic N) is 3. The minimum Gasteiger partial charge on any atom is -0.444 e. The van der Waals surface area contributed by atoms with Crippen LogP contribution >= 0.6 is 10.8 Å². The molecule has 0 aromatic heterocycles. The van der Waals surface area contributed by atoms with E-state index in [-0.39, 0.29) is 17.7 Å².